The lowest BCUT2D eigenvalue weighted by molar-refractivity contribution is 0.669. The Labute approximate surface area is 158 Å². The molecule has 0 bridgehead atoms. The second kappa shape index (κ2) is 9.36. The Balaban J connectivity index is 0.00000192. The second-order valence-corrected chi connectivity index (χ2v) is 6.85. The number of thioether (sulfide) groups is 1. The number of imidazole rings is 1. The highest BCUT2D eigenvalue weighted by atomic mass is 127. The molecule has 2 aromatic rings. The van der Waals surface area contributed by atoms with Crippen molar-refractivity contribution in [3.63, 3.8) is 0 Å². The highest BCUT2D eigenvalue weighted by molar-refractivity contribution is 14.0. The van der Waals surface area contributed by atoms with E-state index in [1.165, 1.54) is 24.1 Å². The van der Waals surface area contributed by atoms with Crippen molar-refractivity contribution in [1.82, 2.24) is 20.2 Å². The number of aromatic nitrogens is 2. The lowest BCUT2D eigenvalue weighted by Crippen LogP contribution is -2.41. The van der Waals surface area contributed by atoms with Crippen LogP contribution in [0.15, 0.2) is 35.6 Å². The van der Waals surface area contributed by atoms with Crippen LogP contribution >= 0.6 is 35.7 Å². The number of rotatable bonds is 5. The van der Waals surface area contributed by atoms with Crippen molar-refractivity contribution in [2.24, 2.45) is 4.99 Å². The van der Waals surface area contributed by atoms with Gasteiger partial charge in [-0.1, -0.05) is 12.1 Å². The molecule has 0 amide bonds. The molecule has 1 fully saturated rings. The van der Waals surface area contributed by atoms with E-state index >= 15 is 0 Å². The van der Waals surface area contributed by atoms with Crippen molar-refractivity contribution < 1.29 is 0 Å². The van der Waals surface area contributed by atoms with Crippen molar-refractivity contribution in [3.05, 3.63) is 30.6 Å². The van der Waals surface area contributed by atoms with Gasteiger partial charge in [0.25, 0.3) is 0 Å². The number of para-hydroxylation sites is 2. The lowest BCUT2D eigenvalue weighted by Gasteiger charge is -2.15. The van der Waals surface area contributed by atoms with E-state index in [0.717, 1.165) is 36.4 Å². The summed E-state index contributed by atoms with van der Waals surface area (Å²) < 4.78 is 2.17. The fraction of sp³-hybridized carbons (Fsp3) is 0.500. The summed E-state index contributed by atoms with van der Waals surface area (Å²) >= 11 is 2.06. The molecule has 7 heteroatoms. The molecule has 23 heavy (non-hydrogen) atoms. The highest BCUT2D eigenvalue weighted by Gasteiger charge is 2.15. The van der Waals surface area contributed by atoms with E-state index in [1.54, 1.807) is 0 Å². The van der Waals surface area contributed by atoms with Crippen LogP contribution in [0.1, 0.15) is 12.8 Å². The number of nitrogens with zero attached hydrogens (tertiary/aromatic N) is 3. The zero-order valence-electron chi connectivity index (χ0n) is 13.4. The van der Waals surface area contributed by atoms with E-state index < -0.39 is 0 Å². The van der Waals surface area contributed by atoms with Gasteiger partial charge in [0.1, 0.15) is 0 Å². The van der Waals surface area contributed by atoms with Crippen LogP contribution in [-0.2, 0) is 6.54 Å². The number of hydrogen-bond donors (Lipinski definition) is 2. The van der Waals surface area contributed by atoms with Gasteiger partial charge < -0.3 is 15.2 Å². The predicted molar refractivity (Wildman–Crippen MR) is 110 cm³/mol. The topological polar surface area (TPSA) is 54.2 Å². The Morgan fingerprint density at radius 1 is 1.39 bits per heavy atom. The minimum absolute atomic E-state index is 0. The molecule has 1 aromatic heterocycles. The molecule has 0 saturated carbocycles. The molecular weight excluding hydrogens is 421 g/mol. The molecule has 2 N–H and O–H groups in total. The molecule has 0 spiro atoms. The summed E-state index contributed by atoms with van der Waals surface area (Å²) in [7, 11) is 1.82. The third kappa shape index (κ3) is 5.00. The number of hydrogen-bond acceptors (Lipinski definition) is 3. The summed E-state index contributed by atoms with van der Waals surface area (Å²) in [5, 5.41) is 7.53. The maximum absolute atomic E-state index is 4.41. The quantitative estimate of drug-likeness (QED) is 0.422. The first-order chi connectivity index (χ1) is 10.9. The summed E-state index contributed by atoms with van der Waals surface area (Å²) in [6.45, 7) is 2.70. The minimum Gasteiger partial charge on any atom is -0.355 e. The van der Waals surface area contributed by atoms with Crippen LogP contribution in [0.5, 0.6) is 0 Å². The maximum Gasteiger partial charge on any atom is 0.191 e. The molecule has 1 aromatic carbocycles. The van der Waals surface area contributed by atoms with Crippen LogP contribution in [0.4, 0.5) is 0 Å². The molecular formula is C16H24IN5S. The maximum atomic E-state index is 4.41. The van der Waals surface area contributed by atoms with Gasteiger partial charge >= 0.3 is 0 Å². The van der Waals surface area contributed by atoms with Crippen LogP contribution < -0.4 is 10.6 Å². The van der Waals surface area contributed by atoms with Crippen molar-refractivity contribution in [2.45, 2.75) is 24.6 Å². The Morgan fingerprint density at radius 2 is 2.26 bits per heavy atom. The number of benzene rings is 1. The Morgan fingerprint density at radius 3 is 3.04 bits per heavy atom. The van der Waals surface area contributed by atoms with Crippen molar-refractivity contribution >= 4 is 52.7 Å². The third-order valence-electron chi connectivity index (χ3n) is 3.92. The Bertz CT molecular complexity index is 636. The van der Waals surface area contributed by atoms with Gasteiger partial charge in [0.05, 0.1) is 17.4 Å². The molecule has 1 unspecified atom stereocenters. The number of aliphatic imine (C=N–C) groups is 1. The Kier molecular flexibility index (Phi) is 7.48. The number of fused-ring (bicyclic) bond motifs is 1. The number of nitrogens with one attached hydrogen (secondary N) is 2. The first kappa shape index (κ1) is 18.4. The van der Waals surface area contributed by atoms with Crippen molar-refractivity contribution in [2.75, 3.05) is 25.9 Å². The average Bonchev–Trinajstić information content (AvgIpc) is 3.20. The van der Waals surface area contributed by atoms with Crippen molar-refractivity contribution in [1.29, 1.82) is 0 Å². The number of guanidine groups is 1. The summed E-state index contributed by atoms with van der Waals surface area (Å²) in [4.78, 5) is 8.70. The van der Waals surface area contributed by atoms with E-state index in [0.29, 0.717) is 0 Å². The van der Waals surface area contributed by atoms with Gasteiger partial charge in [-0.25, -0.2) is 4.98 Å². The first-order valence-electron chi connectivity index (χ1n) is 7.83. The Hall–Kier alpha value is -0.960. The van der Waals surface area contributed by atoms with E-state index in [9.17, 15) is 0 Å². The molecule has 3 rings (SSSR count). The molecule has 1 atom stereocenters. The largest absolute Gasteiger partial charge is 0.355 e. The fourth-order valence-electron chi connectivity index (χ4n) is 2.72. The van der Waals surface area contributed by atoms with E-state index in [4.69, 9.17) is 0 Å². The van der Waals surface area contributed by atoms with Gasteiger partial charge in [0, 0.05) is 31.9 Å². The van der Waals surface area contributed by atoms with Crippen LogP contribution in [-0.4, -0.2) is 46.7 Å². The van der Waals surface area contributed by atoms with E-state index in [1.807, 2.05) is 31.6 Å². The van der Waals surface area contributed by atoms with Gasteiger partial charge in [0.2, 0.25) is 0 Å². The third-order valence-corrected chi connectivity index (χ3v) is 5.32. The van der Waals surface area contributed by atoms with Gasteiger partial charge in [-0.3, -0.25) is 4.99 Å². The SMILES string of the molecule is CN=C(NCCn1cnc2ccccc21)NCC1CCCS1.I. The van der Waals surface area contributed by atoms with Crippen LogP contribution in [0.25, 0.3) is 11.0 Å². The normalized spacial score (nSPS) is 18.0. The molecule has 5 nitrogen and oxygen atoms in total. The monoisotopic (exact) mass is 445 g/mol. The molecule has 0 aliphatic carbocycles. The van der Waals surface area contributed by atoms with Crippen molar-refractivity contribution in [3.8, 4) is 0 Å². The lowest BCUT2D eigenvalue weighted by atomic mass is 10.2. The standard InChI is InChI=1S/C16H23N5S.HI/c1-17-16(19-11-13-5-4-10-22-13)18-8-9-21-12-20-14-6-2-3-7-15(14)21;/h2-3,6-7,12-13H,4-5,8-11H2,1H3,(H2,17,18,19);1H. The molecule has 1 saturated heterocycles. The molecule has 2 heterocycles. The van der Waals surface area contributed by atoms with Crippen LogP contribution in [0.2, 0.25) is 0 Å². The van der Waals surface area contributed by atoms with E-state index in [2.05, 4.69) is 43.0 Å². The van der Waals surface area contributed by atoms with Crippen LogP contribution in [0.3, 0.4) is 0 Å². The predicted octanol–water partition coefficient (Wildman–Crippen LogP) is 2.71. The first-order valence-corrected chi connectivity index (χ1v) is 8.87. The molecule has 0 radical (unpaired) electrons. The van der Waals surface area contributed by atoms with Gasteiger partial charge in [0.15, 0.2) is 5.96 Å². The number of halogens is 1. The average molecular weight is 445 g/mol. The summed E-state index contributed by atoms with van der Waals surface area (Å²) in [6, 6.07) is 8.21. The molecule has 1 aliphatic rings. The van der Waals surface area contributed by atoms with Gasteiger partial charge in [-0.2, -0.15) is 11.8 Å². The second-order valence-electron chi connectivity index (χ2n) is 5.44. The highest BCUT2D eigenvalue weighted by Crippen LogP contribution is 2.25. The summed E-state index contributed by atoms with van der Waals surface area (Å²) in [5.74, 6) is 2.18. The smallest absolute Gasteiger partial charge is 0.191 e. The summed E-state index contributed by atoms with van der Waals surface area (Å²) in [5.41, 5.74) is 2.22. The van der Waals surface area contributed by atoms with Gasteiger partial charge in [-0.15, -0.1) is 24.0 Å². The zero-order valence-corrected chi connectivity index (χ0v) is 16.5. The summed E-state index contributed by atoms with van der Waals surface area (Å²) in [6.07, 6.45) is 4.56. The van der Waals surface area contributed by atoms with E-state index in [-0.39, 0.29) is 24.0 Å². The minimum atomic E-state index is 0. The van der Waals surface area contributed by atoms with Gasteiger partial charge in [-0.05, 0) is 30.7 Å². The molecule has 1 aliphatic heterocycles. The van der Waals surface area contributed by atoms with Crippen LogP contribution in [0, 0.1) is 0 Å². The molecule has 126 valence electrons. The fourth-order valence-corrected chi connectivity index (χ4v) is 3.92. The zero-order chi connectivity index (χ0) is 15.2.